The van der Waals surface area contributed by atoms with Crippen LogP contribution in [0.5, 0.6) is 0 Å². The number of likely N-dealkylation sites (tertiary alicyclic amines) is 1. The molecule has 2 unspecified atom stereocenters. The summed E-state index contributed by atoms with van der Waals surface area (Å²) in [6.45, 7) is 1.17. The lowest BCUT2D eigenvalue weighted by Gasteiger charge is -2.33. The SMILES string of the molecule is O=C1CC(N2CCCC(O)C2)C(=O)N1c1ccc(N=Nc2ccccc2)cc1. The van der Waals surface area contributed by atoms with Gasteiger partial charge in [-0.2, -0.15) is 10.2 Å². The van der Waals surface area contributed by atoms with Crippen LogP contribution in [0.3, 0.4) is 0 Å². The number of imide groups is 1. The van der Waals surface area contributed by atoms with Crippen LogP contribution in [0.25, 0.3) is 0 Å². The number of rotatable bonds is 4. The highest BCUT2D eigenvalue weighted by Gasteiger charge is 2.43. The molecule has 2 saturated heterocycles. The molecule has 2 heterocycles. The van der Waals surface area contributed by atoms with Crippen molar-refractivity contribution in [3.63, 3.8) is 0 Å². The normalized spacial score (nSPS) is 23.7. The summed E-state index contributed by atoms with van der Waals surface area (Å²) < 4.78 is 0. The Morgan fingerprint density at radius 2 is 1.61 bits per heavy atom. The number of hydrogen-bond donors (Lipinski definition) is 1. The second-order valence-corrected chi connectivity index (χ2v) is 7.13. The van der Waals surface area contributed by atoms with Crippen molar-refractivity contribution in [2.24, 2.45) is 10.2 Å². The van der Waals surface area contributed by atoms with Gasteiger partial charge in [0.2, 0.25) is 5.91 Å². The molecule has 0 aliphatic carbocycles. The minimum atomic E-state index is -0.486. The van der Waals surface area contributed by atoms with E-state index in [9.17, 15) is 14.7 Å². The Bertz CT molecular complexity index is 882. The second kappa shape index (κ2) is 8.00. The van der Waals surface area contributed by atoms with E-state index < -0.39 is 12.1 Å². The van der Waals surface area contributed by atoms with Gasteiger partial charge in [0.1, 0.15) is 0 Å². The van der Waals surface area contributed by atoms with Gasteiger partial charge in [0.25, 0.3) is 5.91 Å². The summed E-state index contributed by atoms with van der Waals surface area (Å²) in [6, 6.07) is 15.8. The summed E-state index contributed by atoms with van der Waals surface area (Å²) in [7, 11) is 0. The number of amides is 2. The first-order chi connectivity index (χ1) is 13.6. The van der Waals surface area contributed by atoms with Crippen molar-refractivity contribution < 1.29 is 14.7 Å². The first-order valence-corrected chi connectivity index (χ1v) is 9.47. The van der Waals surface area contributed by atoms with E-state index >= 15 is 0 Å². The molecule has 2 aliphatic heterocycles. The number of piperidine rings is 1. The Balaban J connectivity index is 1.47. The van der Waals surface area contributed by atoms with Crippen LogP contribution in [0.1, 0.15) is 19.3 Å². The van der Waals surface area contributed by atoms with E-state index in [1.165, 1.54) is 4.90 Å². The highest BCUT2D eigenvalue weighted by Crippen LogP contribution is 2.29. The molecule has 2 aromatic carbocycles. The molecule has 0 saturated carbocycles. The molecule has 2 amide bonds. The van der Waals surface area contributed by atoms with E-state index in [2.05, 4.69) is 10.2 Å². The van der Waals surface area contributed by atoms with E-state index in [-0.39, 0.29) is 18.2 Å². The number of hydrogen-bond acceptors (Lipinski definition) is 6. The summed E-state index contributed by atoms with van der Waals surface area (Å²) in [4.78, 5) is 28.5. The molecule has 0 aromatic heterocycles. The average molecular weight is 378 g/mol. The third kappa shape index (κ3) is 3.85. The number of carbonyl (C=O) groups excluding carboxylic acids is 2. The number of benzene rings is 2. The molecule has 2 aliphatic rings. The van der Waals surface area contributed by atoms with Crippen molar-refractivity contribution in [1.82, 2.24) is 4.90 Å². The van der Waals surface area contributed by atoms with Crippen molar-refractivity contribution in [2.75, 3.05) is 18.0 Å². The van der Waals surface area contributed by atoms with E-state index in [0.29, 0.717) is 17.9 Å². The quantitative estimate of drug-likeness (QED) is 0.654. The molecule has 0 radical (unpaired) electrons. The van der Waals surface area contributed by atoms with Crippen LogP contribution < -0.4 is 4.90 Å². The van der Waals surface area contributed by atoms with Gasteiger partial charge in [-0.25, -0.2) is 4.90 Å². The van der Waals surface area contributed by atoms with Crippen LogP contribution in [0, 0.1) is 0 Å². The molecule has 28 heavy (non-hydrogen) atoms. The van der Waals surface area contributed by atoms with Crippen LogP contribution in [0.4, 0.5) is 17.1 Å². The summed E-state index contributed by atoms with van der Waals surface area (Å²) in [6.07, 6.45) is 1.30. The zero-order chi connectivity index (χ0) is 19.5. The van der Waals surface area contributed by atoms with Gasteiger partial charge >= 0.3 is 0 Å². The summed E-state index contributed by atoms with van der Waals surface area (Å²) in [5.74, 6) is -0.438. The molecule has 2 fully saturated rings. The molecule has 7 heteroatoms. The molecular formula is C21H22N4O3. The zero-order valence-electron chi connectivity index (χ0n) is 15.4. The lowest BCUT2D eigenvalue weighted by molar-refractivity contribution is -0.123. The fraction of sp³-hybridized carbons (Fsp3) is 0.333. The van der Waals surface area contributed by atoms with E-state index in [1.54, 1.807) is 24.3 Å². The minimum Gasteiger partial charge on any atom is -0.392 e. The molecule has 144 valence electrons. The number of azo groups is 1. The molecule has 4 rings (SSSR count). The van der Waals surface area contributed by atoms with Crippen LogP contribution in [0.2, 0.25) is 0 Å². The molecular weight excluding hydrogens is 356 g/mol. The Hall–Kier alpha value is -2.90. The van der Waals surface area contributed by atoms with Crippen molar-refractivity contribution in [2.45, 2.75) is 31.4 Å². The van der Waals surface area contributed by atoms with Gasteiger partial charge in [-0.15, -0.1) is 0 Å². The molecule has 0 spiro atoms. The topological polar surface area (TPSA) is 85.6 Å². The Kier molecular flexibility index (Phi) is 5.27. The predicted molar refractivity (Wildman–Crippen MR) is 105 cm³/mol. The third-order valence-electron chi connectivity index (χ3n) is 5.14. The molecule has 2 atom stereocenters. The standard InChI is InChI=1S/C21H22N4O3/c26-18-7-4-12-24(14-18)19-13-20(27)25(21(19)28)17-10-8-16(9-11-17)23-22-15-5-2-1-3-6-15/h1-3,5-6,8-11,18-19,26H,4,7,12-14H2. The maximum absolute atomic E-state index is 12.9. The minimum absolute atomic E-state index is 0.154. The van der Waals surface area contributed by atoms with Crippen LogP contribution in [0.15, 0.2) is 64.8 Å². The first kappa shape index (κ1) is 18.5. The Morgan fingerprint density at radius 3 is 2.29 bits per heavy atom. The maximum Gasteiger partial charge on any atom is 0.251 e. The molecule has 0 bridgehead atoms. The van der Waals surface area contributed by atoms with E-state index in [4.69, 9.17) is 0 Å². The van der Waals surface area contributed by atoms with Crippen molar-refractivity contribution in [3.8, 4) is 0 Å². The van der Waals surface area contributed by atoms with Gasteiger partial charge < -0.3 is 5.11 Å². The Labute approximate surface area is 163 Å². The smallest absolute Gasteiger partial charge is 0.251 e. The first-order valence-electron chi connectivity index (χ1n) is 9.47. The van der Waals surface area contributed by atoms with Crippen LogP contribution in [-0.2, 0) is 9.59 Å². The number of β-amino-alcohol motifs (C(OH)–C–C–N with tert-alkyl or cyclic N) is 1. The van der Waals surface area contributed by atoms with E-state index in [0.717, 1.165) is 25.1 Å². The largest absolute Gasteiger partial charge is 0.392 e. The summed E-state index contributed by atoms with van der Waals surface area (Å²) in [5.41, 5.74) is 1.93. The van der Waals surface area contributed by atoms with E-state index in [1.807, 2.05) is 35.2 Å². The molecule has 2 aromatic rings. The van der Waals surface area contributed by atoms with Crippen LogP contribution >= 0.6 is 0 Å². The number of anilines is 1. The highest BCUT2D eigenvalue weighted by atomic mass is 16.3. The fourth-order valence-corrected chi connectivity index (χ4v) is 3.72. The Morgan fingerprint density at radius 1 is 0.929 bits per heavy atom. The van der Waals surface area contributed by atoms with Gasteiger partial charge in [0, 0.05) is 6.54 Å². The van der Waals surface area contributed by atoms with Crippen LogP contribution in [-0.4, -0.2) is 47.1 Å². The highest BCUT2D eigenvalue weighted by molar-refractivity contribution is 6.22. The van der Waals surface area contributed by atoms with Gasteiger partial charge in [0.05, 0.1) is 35.6 Å². The van der Waals surface area contributed by atoms with Crippen molar-refractivity contribution >= 4 is 28.9 Å². The number of nitrogens with zero attached hydrogens (tertiary/aromatic N) is 4. The third-order valence-corrected chi connectivity index (χ3v) is 5.14. The van der Waals surface area contributed by atoms with Crippen molar-refractivity contribution in [1.29, 1.82) is 0 Å². The second-order valence-electron chi connectivity index (χ2n) is 7.13. The number of aliphatic hydroxyl groups excluding tert-OH is 1. The number of aliphatic hydroxyl groups is 1. The van der Waals surface area contributed by atoms with Gasteiger partial charge in [-0.1, -0.05) is 18.2 Å². The molecule has 1 N–H and O–H groups in total. The lowest BCUT2D eigenvalue weighted by Crippen LogP contribution is -2.48. The fourth-order valence-electron chi connectivity index (χ4n) is 3.72. The van der Waals surface area contributed by atoms with Crippen molar-refractivity contribution in [3.05, 3.63) is 54.6 Å². The summed E-state index contributed by atoms with van der Waals surface area (Å²) >= 11 is 0. The van der Waals surface area contributed by atoms with Gasteiger partial charge in [0.15, 0.2) is 0 Å². The van der Waals surface area contributed by atoms with Gasteiger partial charge in [-0.05, 0) is 55.8 Å². The monoisotopic (exact) mass is 378 g/mol. The van der Waals surface area contributed by atoms with Gasteiger partial charge in [-0.3, -0.25) is 14.5 Å². The predicted octanol–water partition coefficient (Wildman–Crippen LogP) is 3.19. The number of carbonyl (C=O) groups is 2. The molecule has 7 nitrogen and oxygen atoms in total. The summed E-state index contributed by atoms with van der Waals surface area (Å²) in [5, 5.41) is 18.2. The average Bonchev–Trinajstić information content (AvgIpc) is 3.02. The zero-order valence-corrected chi connectivity index (χ0v) is 15.4. The maximum atomic E-state index is 12.9. The lowest BCUT2D eigenvalue weighted by atomic mass is 10.1.